The minimum Gasteiger partial charge on any atom is -0.452 e. The molecular weight excluding hydrogens is 337 g/mol. The lowest BCUT2D eigenvalue weighted by Crippen LogP contribution is -2.21. The molecule has 132 valence electrons. The Morgan fingerprint density at radius 2 is 1.92 bits per heavy atom. The maximum Gasteiger partial charge on any atom is 0.338 e. The number of nitrogens with one attached hydrogen (secondary N) is 1. The van der Waals surface area contributed by atoms with E-state index < -0.39 is 24.3 Å². The van der Waals surface area contributed by atoms with E-state index in [-0.39, 0.29) is 0 Å². The smallest absolute Gasteiger partial charge is 0.338 e. The number of amides is 1. The highest BCUT2D eigenvalue weighted by Crippen LogP contribution is 2.12. The first-order valence-corrected chi connectivity index (χ1v) is 7.86. The molecule has 0 spiro atoms. The van der Waals surface area contributed by atoms with E-state index in [1.807, 2.05) is 13.0 Å². The number of benzene rings is 2. The maximum absolute atomic E-state index is 13.1. The van der Waals surface area contributed by atoms with Crippen molar-refractivity contribution in [1.29, 1.82) is 0 Å². The second kappa shape index (κ2) is 7.60. The van der Waals surface area contributed by atoms with Gasteiger partial charge in [-0.3, -0.25) is 4.79 Å². The van der Waals surface area contributed by atoms with Crippen LogP contribution in [0.2, 0.25) is 0 Å². The normalized spacial score (nSPS) is 10.4. The van der Waals surface area contributed by atoms with E-state index in [0.717, 1.165) is 11.4 Å². The van der Waals surface area contributed by atoms with Crippen LogP contribution in [0.25, 0.3) is 5.69 Å². The van der Waals surface area contributed by atoms with Crippen LogP contribution in [-0.2, 0) is 9.53 Å². The summed E-state index contributed by atoms with van der Waals surface area (Å²) in [5, 5.41) is 6.64. The number of anilines is 1. The average molecular weight is 353 g/mol. The van der Waals surface area contributed by atoms with Crippen molar-refractivity contribution in [3.8, 4) is 5.69 Å². The van der Waals surface area contributed by atoms with Crippen LogP contribution in [0.4, 0.5) is 10.1 Å². The van der Waals surface area contributed by atoms with Gasteiger partial charge in [-0.2, -0.15) is 5.10 Å². The van der Waals surface area contributed by atoms with Crippen molar-refractivity contribution in [3.63, 3.8) is 0 Å². The Hall–Kier alpha value is -3.48. The second-order valence-corrected chi connectivity index (χ2v) is 5.57. The first-order chi connectivity index (χ1) is 12.5. The minimum absolute atomic E-state index is 0.296. The fraction of sp³-hybridized carbons (Fsp3) is 0.105. The van der Waals surface area contributed by atoms with E-state index in [9.17, 15) is 14.0 Å². The zero-order valence-corrected chi connectivity index (χ0v) is 14.0. The number of esters is 1. The molecule has 0 aliphatic rings. The third-order valence-corrected chi connectivity index (χ3v) is 3.62. The standard InChI is InChI=1S/C19H16FN3O3/c1-13-9-10-21-23(13)17-7-5-14(6-8-17)19(25)26-12-18(24)22-16-4-2-3-15(20)11-16/h2-11H,12H2,1H3,(H,22,24). The van der Waals surface area contributed by atoms with Crippen LogP contribution in [-0.4, -0.2) is 28.3 Å². The van der Waals surface area contributed by atoms with Crippen LogP contribution in [0, 0.1) is 12.7 Å². The summed E-state index contributed by atoms with van der Waals surface area (Å²) in [6, 6.07) is 14.0. The van der Waals surface area contributed by atoms with Crippen molar-refractivity contribution >= 4 is 17.6 Å². The Morgan fingerprint density at radius 1 is 1.15 bits per heavy atom. The maximum atomic E-state index is 13.1. The van der Waals surface area contributed by atoms with Crippen molar-refractivity contribution in [2.45, 2.75) is 6.92 Å². The molecule has 2 aromatic carbocycles. The lowest BCUT2D eigenvalue weighted by molar-refractivity contribution is -0.119. The van der Waals surface area contributed by atoms with E-state index in [2.05, 4.69) is 10.4 Å². The van der Waals surface area contributed by atoms with E-state index in [1.165, 1.54) is 18.2 Å². The third-order valence-electron chi connectivity index (χ3n) is 3.62. The third kappa shape index (κ3) is 4.13. The fourth-order valence-corrected chi connectivity index (χ4v) is 2.36. The molecule has 0 aliphatic carbocycles. The molecule has 6 nitrogen and oxygen atoms in total. The van der Waals surface area contributed by atoms with Crippen LogP contribution in [0.5, 0.6) is 0 Å². The van der Waals surface area contributed by atoms with Gasteiger partial charge in [0.1, 0.15) is 5.82 Å². The number of nitrogens with zero attached hydrogens (tertiary/aromatic N) is 2. The lowest BCUT2D eigenvalue weighted by atomic mass is 10.2. The van der Waals surface area contributed by atoms with Gasteiger partial charge in [0.25, 0.3) is 5.91 Å². The summed E-state index contributed by atoms with van der Waals surface area (Å²) < 4.78 is 19.8. The van der Waals surface area contributed by atoms with Crippen molar-refractivity contribution < 1.29 is 18.7 Å². The quantitative estimate of drug-likeness (QED) is 0.715. The van der Waals surface area contributed by atoms with Crippen LogP contribution in [0.1, 0.15) is 16.1 Å². The van der Waals surface area contributed by atoms with Gasteiger partial charge in [0, 0.05) is 17.6 Å². The molecule has 0 radical (unpaired) electrons. The van der Waals surface area contributed by atoms with E-state index >= 15 is 0 Å². The average Bonchev–Trinajstić information content (AvgIpc) is 3.06. The zero-order valence-electron chi connectivity index (χ0n) is 14.0. The number of carbonyl (C=O) groups excluding carboxylic acids is 2. The number of carbonyl (C=O) groups is 2. The number of halogens is 1. The Bertz CT molecular complexity index is 935. The Balaban J connectivity index is 1.56. The van der Waals surface area contributed by atoms with Gasteiger partial charge in [0.05, 0.1) is 11.3 Å². The predicted octanol–water partition coefficient (Wildman–Crippen LogP) is 3.12. The summed E-state index contributed by atoms with van der Waals surface area (Å²) in [5.74, 6) is -1.64. The van der Waals surface area contributed by atoms with E-state index in [0.29, 0.717) is 11.3 Å². The van der Waals surface area contributed by atoms with Crippen LogP contribution < -0.4 is 5.32 Å². The number of ether oxygens (including phenoxy) is 1. The SMILES string of the molecule is Cc1ccnn1-c1ccc(C(=O)OCC(=O)Nc2cccc(F)c2)cc1. The Labute approximate surface area is 149 Å². The molecular formula is C19H16FN3O3. The Kier molecular flexibility index (Phi) is 5.07. The molecule has 0 atom stereocenters. The van der Waals surface area contributed by atoms with Gasteiger partial charge in [0.15, 0.2) is 6.61 Å². The highest BCUT2D eigenvalue weighted by atomic mass is 19.1. The van der Waals surface area contributed by atoms with Gasteiger partial charge in [-0.15, -0.1) is 0 Å². The molecule has 0 saturated carbocycles. The first kappa shape index (κ1) is 17.3. The van der Waals surface area contributed by atoms with Crippen molar-refractivity contribution in [1.82, 2.24) is 9.78 Å². The molecule has 7 heteroatoms. The molecule has 0 saturated heterocycles. The molecule has 1 N–H and O–H groups in total. The van der Waals surface area contributed by atoms with Gasteiger partial charge < -0.3 is 10.1 Å². The van der Waals surface area contributed by atoms with Crippen LogP contribution >= 0.6 is 0 Å². The summed E-state index contributed by atoms with van der Waals surface area (Å²) in [5.41, 5.74) is 2.39. The monoisotopic (exact) mass is 353 g/mol. The summed E-state index contributed by atoms with van der Waals surface area (Å²) >= 11 is 0. The topological polar surface area (TPSA) is 73.2 Å². The van der Waals surface area contributed by atoms with E-state index in [1.54, 1.807) is 41.2 Å². The van der Waals surface area contributed by atoms with Gasteiger partial charge in [-0.25, -0.2) is 13.9 Å². The lowest BCUT2D eigenvalue weighted by Gasteiger charge is -2.08. The summed E-state index contributed by atoms with van der Waals surface area (Å²) in [6.07, 6.45) is 1.69. The van der Waals surface area contributed by atoms with Gasteiger partial charge in [-0.1, -0.05) is 6.07 Å². The highest BCUT2D eigenvalue weighted by Gasteiger charge is 2.11. The first-order valence-electron chi connectivity index (χ1n) is 7.86. The number of hydrogen-bond acceptors (Lipinski definition) is 4. The zero-order chi connectivity index (χ0) is 18.5. The van der Waals surface area contributed by atoms with Gasteiger partial charge >= 0.3 is 5.97 Å². The summed E-state index contributed by atoms with van der Waals surface area (Å²) in [4.78, 5) is 23.8. The molecule has 1 amide bonds. The van der Waals surface area contributed by atoms with E-state index in [4.69, 9.17) is 4.74 Å². The molecule has 26 heavy (non-hydrogen) atoms. The van der Waals surface area contributed by atoms with Crippen LogP contribution in [0.3, 0.4) is 0 Å². The van der Waals surface area contributed by atoms with Gasteiger partial charge in [-0.05, 0) is 55.5 Å². The molecule has 1 heterocycles. The second-order valence-electron chi connectivity index (χ2n) is 5.57. The number of rotatable bonds is 5. The van der Waals surface area contributed by atoms with Crippen molar-refractivity contribution in [2.75, 3.05) is 11.9 Å². The number of aromatic nitrogens is 2. The summed E-state index contributed by atoms with van der Waals surface area (Å²) in [7, 11) is 0. The van der Waals surface area contributed by atoms with Crippen molar-refractivity contribution in [3.05, 3.63) is 77.9 Å². The number of aryl methyl sites for hydroxylation is 1. The molecule has 0 bridgehead atoms. The molecule has 0 unspecified atom stereocenters. The fourth-order valence-electron chi connectivity index (χ4n) is 2.36. The molecule has 0 fully saturated rings. The minimum atomic E-state index is -0.622. The largest absolute Gasteiger partial charge is 0.452 e. The molecule has 3 aromatic rings. The predicted molar refractivity (Wildman–Crippen MR) is 93.6 cm³/mol. The molecule has 3 rings (SSSR count). The number of hydrogen-bond donors (Lipinski definition) is 1. The molecule has 0 aliphatic heterocycles. The Morgan fingerprint density at radius 3 is 2.58 bits per heavy atom. The van der Waals surface area contributed by atoms with Gasteiger partial charge in [0.2, 0.25) is 0 Å². The van der Waals surface area contributed by atoms with Crippen molar-refractivity contribution in [2.24, 2.45) is 0 Å². The molecule has 1 aromatic heterocycles. The highest BCUT2D eigenvalue weighted by molar-refractivity contribution is 5.95. The summed E-state index contributed by atoms with van der Waals surface area (Å²) in [6.45, 7) is 1.46. The van der Waals surface area contributed by atoms with Crippen LogP contribution in [0.15, 0.2) is 60.8 Å².